The average Bonchev–Trinajstić information content (AvgIpc) is 2.47. The summed E-state index contributed by atoms with van der Waals surface area (Å²) in [6, 6.07) is 10.00. The third-order valence-electron chi connectivity index (χ3n) is 3.23. The summed E-state index contributed by atoms with van der Waals surface area (Å²) in [5, 5.41) is 4.16. The van der Waals surface area contributed by atoms with Gasteiger partial charge in [0.1, 0.15) is 0 Å². The number of nitrogens with one attached hydrogen (secondary N) is 1. The topological polar surface area (TPSA) is 28.2 Å². The normalized spacial score (nSPS) is 10.6. The molecule has 3 nitrogen and oxygen atoms in total. The van der Waals surface area contributed by atoms with Crippen molar-refractivity contribution in [3.05, 3.63) is 58.9 Å². The molecule has 4 heteroatoms. The summed E-state index contributed by atoms with van der Waals surface area (Å²) in [6.45, 7) is 4.68. The highest BCUT2D eigenvalue weighted by atomic mass is 35.5. The molecule has 2 aromatic rings. The lowest BCUT2D eigenvalue weighted by molar-refractivity contribution is 0.722. The van der Waals surface area contributed by atoms with Crippen molar-refractivity contribution in [1.82, 2.24) is 10.3 Å². The predicted octanol–water partition coefficient (Wildman–Crippen LogP) is 3.48. The lowest BCUT2D eigenvalue weighted by atomic mass is 10.1. The van der Waals surface area contributed by atoms with Crippen LogP contribution in [0, 0.1) is 0 Å². The Morgan fingerprint density at radius 3 is 2.75 bits per heavy atom. The van der Waals surface area contributed by atoms with Crippen LogP contribution in [0.15, 0.2) is 42.7 Å². The summed E-state index contributed by atoms with van der Waals surface area (Å²) in [4.78, 5) is 6.42. The van der Waals surface area contributed by atoms with Gasteiger partial charge in [-0.05, 0) is 29.8 Å². The van der Waals surface area contributed by atoms with Crippen LogP contribution < -0.4 is 10.2 Å². The molecule has 0 fully saturated rings. The zero-order valence-corrected chi connectivity index (χ0v) is 12.7. The summed E-state index contributed by atoms with van der Waals surface area (Å²) in [6.07, 6.45) is 3.74. The Balaban J connectivity index is 2.16. The van der Waals surface area contributed by atoms with Gasteiger partial charge in [0.2, 0.25) is 0 Å². The first kappa shape index (κ1) is 14.8. The summed E-state index contributed by atoms with van der Waals surface area (Å²) in [5.74, 6) is 0. The zero-order valence-electron chi connectivity index (χ0n) is 11.9. The molecule has 1 aromatic carbocycles. The number of hydrogen-bond acceptors (Lipinski definition) is 3. The van der Waals surface area contributed by atoms with E-state index in [1.54, 1.807) is 0 Å². The van der Waals surface area contributed by atoms with E-state index in [1.165, 1.54) is 5.56 Å². The molecule has 0 saturated carbocycles. The third kappa shape index (κ3) is 3.71. The molecule has 20 heavy (non-hydrogen) atoms. The van der Waals surface area contributed by atoms with Gasteiger partial charge in [-0.1, -0.05) is 36.7 Å². The Morgan fingerprint density at radius 2 is 2.00 bits per heavy atom. The standard InChI is InChI=1S/C16H20ClN3/c1-3-18-10-13-8-9-19-11-16(13)20(2)12-14-6-4-5-7-15(14)17/h4-9,11,18H,3,10,12H2,1-2H3. The fourth-order valence-corrected chi connectivity index (χ4v) is 2.33. The van der Waals surface area contributed by atoms with Crippen molar-refractivity contribution in [2.45, 2.75) is 20.0 Å². The van der Waals surface area contributed by atoms with Gasteiger partial charge < -0.3 is 10.2 Å². The molecule has 1 N–H and O–H groups in total. The van der Waals surface area contributed by atoms with Crippen molar-refractivity contribution in [1.29, 1.82) is 0 Å². The predicted molar refractivity (Wildman–Crippen MR) is 85.2 cm³/mol. The fraction of sp³-hybridized carbons (Fsp3) is 0.312. The van der Waals surface area contributed by atoms with Gasteiger partial charge >= 0.3 is 0 Å². The van der Waals surface area contributed by atoms with Gasteiger partial charge in [0.05, 0.1) is 11.9 Å². The van der Waals surface area contributed by atoms with Crippen molar-refractivity contribution in [3.8, 4) is 0 Å². The van der Waals surface area contributed by atoms with Gasteiger partial charge in [0.15, 0.2) is 0 Å². The number of pyridine rings is 1. The lowest BCUT2D eigenvalue weighted by Gasteiger charge is -2.22. The van der Waals surface area contributed by atoms with Gasteiger partial charge in [-0.25, -0.2) is 0 Å². The molecular formula is C16H20ClN3. The first-order valence-corrected chi connectivity index (χ1v) is 7.18. The maximum Gasteiger partial charge on any atom is 0.0598 e. The number of hydrogen-bond donors (Lipinski definition) is 1. The summed E-state index contributed by atoms with van der Waals surface area (Å²) < 4.78 is 0. The molecule has 0 aliphatic heterocycles. The fourth-order valence-electron chi connectivity index (χ4n) is 2.14. The first-order valence-electron chi connectivity index (χ1n) is 6.80. The van der Waals surface area contributed by atoms with Crippen molar-refractivity contribution in [3.63, 3.8) is 0 Å². The minimum Gasteiger partial charge on any atom is -0.369 e. The molecule has 0 radical (unpaired) electrons. The van der Waals surface area contributed by atoms with E-state index in [1.807, 2.05) is 30.6 Å². The van der Waals surface area contributed by atoms with E-state index in [9.17, 15) is 0 Å². The van der Waals surface area contributed by atoms with Crippen LogP contribution in [0.3, 0.4) is 0 Å². The smallest absolute Gasteiger partial charge is 0.0598 e. The van der Waals surface area contributed by atoms with Gasteiger partial charge in [0, 0.05) is 31.4 Å². The molecular weight excluding hydrogens is 270 g/mol. The molecule has 106 valence electrons. The molecule has 0 aliphatic carbocycles. The molecule has 0 bridgehead atoms. The second kappa shape index (κ2) is 7.27. The molecule has 1 heterocycles. The van der Waals surface area contributed by atoms with Crippen LogP contribution in [0.4, 0.5) is 5.69 Å². The number of nitrogens with zero attached hydrogens (tertiary/aromatic N) is 2. The van der Waals surface area contributed by atoms with E-state index in [0.717, 1.165) is 35.9 Å². The van der Waals surface area contributed by atoms with Crippen molar-refractivity contribution < 1.29 is 0 Å². The summed E-state index contributed by atoms with van der Waals surface area (Å²) in [7, 11) is 2.07. The van der Waals surface area contributed by atoms with E-state index < -0.39 is 0 Å². The second-order valence-corrected chi connectivity index (χ2v) is 5.14. The monoisotopic (exact) mass is 289 g/mol. The molecule has 0 amide bonds. The Labute approximate surface area is 125 Å². The molecule has 1 aromatic heterocycles. The minimum atomic E-state index is 0.768. The highest BCUT2D eigenvalue weighted by Gasteiger charge is 2.09. The molecule has 0 aliphatic rings. The third-order valence-corrected chi connectivity index (χ3v) is 3.60. The quantitative estimate of drug-likeness (QED) is 0.882. The van der Waals surface area contributed by atoms with Crippen molar-refractivity contribution >= 4 is 17.3 Å². The largest absolute Gasteiger partial charge is 0.369 e. The minimum absolute atomic E-state index is 0.768. The second-order valence-electron chi connectivity index (χ2n) is 4.73. The SMILES string of the molecule is CCNCc1ccncc1N(C)Cc1ccccc1Cl. The highest BCUT2D eigenvalue weighted by molar-refractivity contribution is 6.31. The molecule has 2 rings (SSSR count). The van der Waals surface area contributed by atoms with E-state index in [4.69, 9.17) is 11.6 Å². The van der Waals surface area contributed by atoms with E-state index in [-0.39, 0.29) is 0 Å². The number of rotatable bonds is 6. The van der Waals surface area contributed by atoms with Crippen LogP contribution in [-0.2, 0) is 13.1 Å². The van der Waals surface area contributed by atoms with Crippen molar-refractivity contribution in [2.24, 2.45) is 0 Å². The summed E-state index contributed by atoms with van der Waals surface area (Å²) >= 11 is 6.22. The Morgan fingerprint density at radius 1 is 1.20 bits per heavy atom. The Hall–Kier alpha value is -1.58. The number of halogens is 1. The summed E-state index contributed by atoms with van der Waals surface area (Å²) in [5.41, 5.74) is 3.50. The molecule has 0 saturated heterocycles. The van der Waals surface area contributed by atoms with Gasteiger partial charge in [0.25, 0.3) is 0 Å². The lowest BCUT2D eigenvalue weighted by Crippen LogP contribution is -2.21. The Bertz CT molecular complexity index is 557. The van der Waals surface area contributed by atoms with Gasteiger partial charge in [-0.3, -0.25) is 4.98 Å². The highest BCUT2D eigenvalue weighted by Crippen LogP contribution is 2.22. The molecule has 0 unspecified atom stereocenters. The van der Waals surface area contributed by atoms with Crippen LogP contribution in [-0.4, -0.2) is 18.6 Å². The van der Waals surface area contributed by atoms with Crippen LogP contribution >= 0.6 is 11.6 Å². The molecule has 0 atom stereocenters. The zero-order chi connectivity index (χ0) is 14.4. The van der Waals surface area contributed by atoms with Crippen LogP contribution in [0.5, 0.6) is 0 Å². The van der Waals surface area contributed by atoms with Gasteiger partial charge in [-0.2, -0.15) is 0 Å². The maximum absolute atomic E-state index is 6.22. The van der Waals surface area contributed by atoms with Crippen LogP contribution in [0.25, 0.3) is 0 Å². The van der Waals surface area contributed by atoms with Crippen molar-refractivity contribution in [2.75, 3.05) is 18.5 Å². The number of aromatic nitrogens is 1. The number of anilines is 1. The van der Waals surface area contributed by atoms with Gasteiger partial charge in [-0.15, -0.1) is 0 Å². The number of benzene rings is 1. The van der Waals surface area contributed by atoms with E-state index in [2.05, 4.69) is 41.3 Å². The van der Waals surface area contributed by atoms with Crippen LogP contribution in [0.1, 0.15) is 18.1 Å². The van der Waals surface area contributed by atoms with E-state index in [0.29, 0.717) is 0 Å². The molecule has 0 spiro atoms. The van der Waals surface area contributed by atoms with E-state index >= 15 is 0 Å². The Kier molecular flexibility index (Phi) is 5.39. The van der Waals surface area contributed by atoms with Crippen LogP contribution in [0.2, 0.25) is 5.02 Å². The first-order chi connectivity index (χ1) is 9.72. The average molecular weight is 290 g/mol. The maximum atomic E-state index is 6.22.